The number of carbonyl (C=O) groups is 2. The summed E-state index contributed by atoms with van der Waals surface area (Å²) >= 11 is 0. The van der Waals surface area contributed by atoms with Crippen molar-refractivity contribution in [2.45, 2.75) is 6.92 Å². The molecule has 19 heavy (non-hydrogen) atoms. The van der Waals surface area contributed by atoms with Gasteiger partial charge in [-0.05, 0) is 24.7 Å². The second kappa shape index (κ2) is 6.19. The van der Waals surface area contributed by atoms with Crippen LogP contribution in [0.1, 0.15) is 6.92 Å². The predicted molar refractivity (Wildman–Crippen MR) is 74.4 cm³/mol. The molecule has 1 aromatic carbocycles. The van der Waals surface area contributed by atoms with E-state index in [9.17, 15) is 9.59 Å². The molecule has 1 heterocycles. The highest BCUT2D eigenvalue weighted by molar-refractivity contribution is 5.96. The fraction of sp³-hybridized carbons (Fsp3) is 0.385. The van der Waals surface area contributed by atoms with Crippen molar-refractivity contribution in [2.24, 2.45) is 0 Å². The molecule has 1 aromatic rings. The number of carbonyl (C=O) groups excluding carboxylic acids is 2. The molecule has 1 aliphatic rings. The van der Waals surface area contributed by atoms with Gasteiger partial charge in [0.05, 0.1) is 6.54 Å². The molecule has 102 valence electrons. The molecule has 3 amide bonds. The number of likely N-dealkylation sites (N-methyl/N-ethyl adjacent to an activating group) is 1. The summed E-state index contributed by atoms with van der Waals surface area (Å²) in [6.45, 7) is 4.27. The molecule has 0 saturated carbocycles. The molecule has 2 rings (SSSR count). The minimum atomic E-state index is -0.101. The molecular weight excluding hydrogens is 244 g/mol. The first-order chi connectivity index (χ1) is 9.20. The molecule has 0 aliphatic carbocycles. The van der Waals surface area contributed by atoms with E-state index >= 15 is 0 Å². The van der Waals surface area contributed by atoms with Gasteiger partial charge in [-0.2, -0.15) is 0 Å². The lowest BCUT2D eigenvalue weighted by Crippen LogP contribution is -2.29. The van der Waals surface area contributed by atoms with Crippen molar-refractivity contribution in [1.82, 2.24) is 10.6 Å². The summed E-state index contributed by atoms with van der Waals surface area (Å²) in [6, 6.07) is 7.18. The summed E-state index contributed by atoms with van der Waals surface area (Å²) in [4.78, 5) is 24.8. The van der Waals surface area contributed by atoms with Gasteiger partial charge in [-0.1, -0.05) is 13.0 Å². The van der Waals surface area contributed by atoms with Crippen LogP contribution < -0.4 is 20.9 Å². The molecule has 0 radical (unpaired) electrons. The Balaban J connectivity index is 2.02. The van der Waals surface area contributed by atoms with Gasteiger partial charge < -0.3 is 16.0 Å². The van der Waals surface area contributed by atoms with Crippen LogP contribution >= 0.6 is 0 Å². The minimum Gasteiger partial charge on any atom is -0.336 e. The Bertz CT molecular complexity index is 475. The third kappa shape index (κ3) is 3.45. The molecule has 6 heteroatoms. The van der Waals surface area contributed by atoms with Crippen molar-refractivity contribution in [3.05, 3.63) is 24.3 Å². The largest absolute Gasteiger partial charge is 0.336 e. The maximum atomic E-state index is 11.6. The van der Waals surface area contributed by atoms with Gasteiger partial charge in [0.15, 0.2) is 0 Å². The summed E-state index contributed by atoms with van der Waals surface area (Å²) in [5.74, 6) is -0.0927. The van der Waals surface area contributed by atoms with Crippen molar-refractivity contribution in [3.63, 3.8) is 0 Å². The summed E-state index contributed by atoms with van der Waals surface area (Å²) < 4.78 is 0. The Morgan fingerprint density at radius 3 is 3.00 bits per heavy atom. The Kier molecular flexibility index (Phi) is 4.35. The highest BCUT2D eigenvalue weighted by atomic mass is 16.2. The zero-order valence-electron chi connectivity index (χ0n) is 10.9. The molecule has 1 fully saturated rings. The molecule has 0 atom stereocenters. The van der Waals surface area contributed by atoms with E-state index in [0.717, 1.165) is 12.2 Å². The highest BCUT2D eigenvalue weighted by Gasteiger charge is 2.21. The first-order valence-corrected chi connectivity index (χ1v) is 6.36. The lowest BCUT2D eigenvalue weighted by Gasteiger charge is -2.15. The van der Waals surface area contributed by atoms with E-state index in [2.05, 4.69) is 16.0 Å². The quantitative estimate of drug-likeness (QED) is 0.733. The molecule has 0 spiro atoms. The second-order valence-electron chi connectivity index (χ2n) is 4.26. The lowest BCUT2D eigenvalue weighted by molar-refractivity contribution is -0.115. The lowest BCUT2D eigenvalue weighted by atomic mass is 10.2. The first-order valence-electron chi connectivity index (χ1n) is 6.36. The molecule has 0 aromatic heterocycles. The van der Waals surface area contributed by atoms with E-state index in [0.29, 0.717) is 18.8 Å². The summed E-state index contributed by atoms with van der Waals surface area (Å²) in [5.41, 5.74) is 1.48. The average Bonchev–Trinajstić information content (AvgIpc) is 2.83. The van der Waals surface area contributed by atoms with Crippen LogP contribution in [0.2, 0.25) is 0 Å². The van der Waals surface area contributed by atoms with Crippen LogP contribution in [-0.4, -0.2) is 38.1 Å². The number of nitrogens with one attached hydrogen (secondary N) is 3. The van der Waals surface area contributed by atoms with Crippen LogP contribution in [-0.2, 0) is 4.79 Å². The van der Waals surface area contributed by atoms with Gasteiger partial charge in [0.25, 0.3) is 0 Å². The molecular formula is C13H18N4O2. The molecule has 3 N–H and O–H groups in total. The Labute approximate surface area is 112 Å². The van der Waals surface area contributed by atoms with Gasteiger partial charge in [0.2, 0.25) is 5.91 Å². The number of hydrogen-bond donors (Lipinski definition) is 3. The summed E-state index contributed by atoms with van der Waals surface area (Å²) in [6.07, 6.45) is 0. The van der Waals surface area contributed by atoms with Gasteiger partial charge in [0.1, 0.15) is 0 Å². The zero-order chi connectivity index (χ0) is 13.7. The van der Waals surface area contributed by atoms with Gasteiger partial charge in [-0.3, -0.25) is 9.69 Å². The SMILES string of the molecule is CCNCC(=O)Nc1cccc(N2CCNC2=O)c1. The van der Waals surface area contributed by atoms with Gasteiger partial charge in [-0.25, -0.2) is 4.79 Å². The molecule has 6 nitrogen and oxygen atoms in total. The van der Waals surface area contributed by atoms with E-state index in [4.69, 9.17) is 0 Å². The first kappa shape index (κ1) is 13.4. The highest BCUT2D eigenvalue weighted by Crippen LogP contribution is 2.20. The Morgan fingerprint density at radius 1 is 1.47 bits per heavy atom. The van der Waals surface area contributed by atoms with Crippen LogP contribution in [0.15, 0.2) is 24.3 Å². The number of amides is 3. The number of benzene rings is 1. The van der Waals surface area contributed by atoms with Crippen LogP contribution in [0, 0.1) is 0 Å². The monoisotopic (exact) mass is 262 g/mol. The van der Waals surface area contributed by atoms with Crippen molar-refractivity contribution < 1.29 is 9.59 Å². The maximum Gasteiger partial charge on any atom is 0.321 e. The van der Waals surface area contributed by atoms with Crippen molar-refractivity contribution >= 4 is 23.3 Å². The topological polar surface area (TPSA) is 73.5 Å². The number of anilines is 2. The number of nitrogens with zero attached hydrogens (tertiary/aromatic N) is 1. The smallest absolute Gasteiger partial charge is 0.321 e. The Hall–Kier alpha value is -2.08. The van der Waals surface area contributed by atoms with Crippen molar-refractivity contribution in [3.8, 4) is 0 Å². The molecule has 0 unspecified atom stereocenters. The van der Waals surface area contributed by atoms with E-state index in [1.165, 1.54) is 0 Å². The maximum absolute atomic E-state index is 11.6. The summed E-state index contributed by atoms with van der Waals surface area (Å²) in [5, 5.41) is 8.50. The van der Waals surface area contributed by atoms with Crippen LogP contribution in [0.25, 0.3) is 0 Å². The standard InChI is InChI=1S/C13H18N4O2/c1-2-14-9-12(18)16-10-4-3-5-11(8-10)17-7-6-15-13(17)19/h3-5,8,14H,2,6-7,9H2,1H3,(H,15,19)(H,16,18). The van der Waals surface area contributed by atoms with Crippen molar-refractivity contribution in [2.75, 3.05) is 36.4 Å². The third-order valence-electron chi connectivity index (χ3n) is 2.83. The van der Waals surface area contributed by atoms with Crippen LogP contribution in [0.4, 0.5) is 16.2 Å². The van der Waals surface area contributed by atoms with Crippen LogP contribution in [0.5, 0.6) is 0 Å². The number of urea groups is 1. The molecule has 1 saturated heterocycles. The fourth-order valence-corrected chi connectivity index (χ4v) is 1.91. The number of hydrogen-bond acceptors (Lipinski definition) is 3. The van der Waals surface area contributed by atoms with Gasteiger partial charge in [-0.15, -0.1) is 0 Å². The Morgan fingerprint density at radius 2 is 2.32 bits per heavy atom. The average molecular weight is 262 g/mol. The normalized spacial score (nSPS) is 14.4. The molecule has 1 aliphatic heterocycles. The minimum absolute atomic E-state index is 0.0927. The van der Waals surface area contributed by atoms with Gasteiger partial charge >= 0.3 is 6.03 Å². The zero-order valence-corrected chi connectivity index (χ0v) is 10.9. The third-order valence-corrected chi connectivity index (χ3v) is 2.83. The van der Waals surface area contributed by atoms with E-state index < -0.39 is 0 Å². The van der Waals surface area contributed by atoms with Gasteiger partial charge in [0, 0.05) is 24.5 Å². The van der Waals surface area contributed by atoms with E-state index in [1.807, 2.05) is 19.1 Å². The van der Waals surface area contributed by atoms with E-state index in [-0.39, 0.29) is 18.5 Å². The van der Waals surface area contributed by atoms with Crippen molar-refractivity contribution in [1.29, 1.82) is 0 Å². The predicted octanol–water partition coefficient (Wildman–Crippen LogP) is 0.764. The number of rotatable bonds is 5. The fourth-order valence-electron chi connectivity index (χ4n) is 1.91. The van der Waals surface area contributed by atoms with Crippen LogP contribution in [0.3, 0.4) is 0 Å². The molecule has 0 bridgehead atoms. The van der Waals surface area contributed by atoms with E-state index in [1.54, 1.807) is 17.0 Å². The summed E-state index contributed by atoms with van der Waals surface area (Å²) in [7, 11) is 0. The second-order valence-corrected chi connectivity index (χ2v) is 4.26.